The van der Waals surface area contributed by atoms with Crippen LogP contribution in [0.2, 0.25) is 0 Å². The first-order valence-electron chi connectivity index (χ1n) is 7.39. The number of hydrogen-bond donors (Lipinski definition) is 0. The Hall–Kier alpha value is -1.87. The van der Waals surface area contributed by atoms with Crippen LogP contribution in [-0.2, 0) is 4.79 Å². The Morgan fingerprint density at radius 1 is 1.10 bits per heavy atom. The maximum atomic E-state index is 12.7. The van der Waals surface area contributed by atoms with Gasteiger partial charge < -0.3 is 4.90 Å². The predicted molar refractivity (Wildman–Crippen MR) is 87.6 cm³/mol. The molecule has 2 aromatic rings. The number of rotatable bonds is 5. The van der Waals surface area contributed by atoms with Gasteiger partial charge >= 0.3 is 0 Å². The molecular formula is C18H19NOS. The van der Waals surface area contributed by atoms with Gasteiger partial charge in [0, 0.05) is 24.2 Å². The molecule has 0 saturated carbocycles. The molecule has 0 spiro atoms. The van der Waals surface area contributed by atoms with Crippen LogP contribution in [0, 0.1) is 0 Å². The van der Waals surface area contributed by atoms with Gasteiger partial charge in [-0.1, -0.05) is 36.4 Å². The highest BCUT2D eigenvalue weighted by molar-refractivity contribution is 7.10. The van der Waals surface area contributed by atoms with Crippen molar-refractivity contribution in [2.75, 3.05) is 13.1 Å². The monoisotopic (exact) mass is 297 g/mol. The molecule has 1 atom stereocenters. The number of likely N-dealkylation sites (tertiary alicyclic amines) is 1. The van der Waals surface area contributed by atoms with E-state index in [4.69, 9.17) is 0 Å². The molecule has 1 aromatic carbocycles. The SMILES string of the molecule is O=C(/C=C/N1CCCC1)C(c1ccccc1)c1cccs1. The largest absolute Gasteiger partial charge is 0.377 e. The summed E-state index contributed by atoms with van der Waals surface area (Å²) in [4.78, 5) is 16.0. The quantitative estimate of drug-likeness (QED) is 0.776. The minimum absolute atomic E-state index is 0.163. The second kappa shape index (κ2) is 6.72. The van der Waals surface area contributed by atoms with E-state index in [2.05, 4.69) is 4.90 Å². The van der Waals surface area contributed by atoms with Gasteiger partial charge in [0.1, 0.15) is 0 Å². The highest BCUT2D eigenvalue weighted by Crippen LogP contribution is 2.29. The molecule has 1 aliphatic heterocycles. The fourth-order valence-electron chi connectivity index (χ4n) is 2.74. The maximum absolute atomic E-state index is 12.7. The molecule has 2 nitrogen and oxygen atoms in total. The Balaban J connectivity index is 1.83. The molecule has 1 unspecified atom stereocenters. The third-order valence-electron chi connectivity index (χ3n) is 3.84. The van der Waals surface area contributed by atoms with E-state index in [9.17, 15) is 4.79 Å². The van der Waals surface area contributed by atoms with Crippen molar-refractivity contribution >= 4 is 17.1 Å². The highest BCUT2D eigenvalue weighted by atomic mass is 32.1. The molecule has 108 valence electrons. The van der Waals surface area contributed by atoms with Crippen molar-refractivity contribution in [1.82, 2.24) is 4.90 Å². The van der Waals surface area contributed by atoms with Gasteiger partial charge in [-0.25, -0.2) is 0 Å². The van der Waals surface area contributed by atoms with Crippen LogP contribution in [0.4, 0.5) is 0 Å². The van der Waals surface area contributed by atoms with Crippen molar-refractivity contribution < 1.29 is 4.79 Å². The molecule has 1 fully saturated rings. The number of carbonyl (C=O) groups is 1. The fourth-order valence-corrected chi connectivity index (χ4v) is 3.60. The smallest absolute Gasteiger partial charge is 0.169 e. The molecule has 0 bridgehead atoms. The van der Waals surface area contributed by atoms with Gasteiger partial charge in [-0.3, -0.25) is 4.79 Å². The van der Waals surface area contributed by atoms with E-state index in [0.717, 1.165) is 23.5 Å². The summed E-state index contributed by atoms with van der Waals surface area (Å²) in [5, 5.41) is 2.03. The molecule has 21 heavy (non-hydrogen) atoms. The summed E-state index contributed by atoms with van der Waals surface area (Å²) in [5.74, 6) is -0.0133. The Kier molecular flexibility index (Phi) is 4.51. The van der Waals surface area contributed by atoms with Crippen molar-refractivity contribution in [3.05, 3.63) is 70.6 Å². The number of nitrogens with zero attached hydrogens (tertiary/aromatic N) is 1. The second-order valence-corrected chi connectivity index (χ2v) is 6.30. The summed E-state index contributed by atoms with van der Waals surface area (Å²) in [6.07, 6.45) is 6.18. The first-order valence-corrected chi connectivity index (χ1v) is 8.27. The van der Waals surface area contributed by atoms with Crippen LogP contribution < -0.4 is 0 Å². The van der Waals surface area contributed by atoms with Crippen LogP contribution in [0.1, 0.15) is 29.2 Å². The Morgan fingerprint density at radius 2 is 1.86 bits per heavy atom. The number of hydrogen-bond acceptors (Lipinski definition) is 3. The number of benzene rings is 1. The average molecular weight is 297 g/mol. The van der Waals surface area contributed by atoms with E-state index in [1.807, 2.05) is 54.0 Å². The van der Waals surface area contributed by atoms with Crippen molar-refractivity contribution in [2.24, 2.45) is 0 Å². The van der Waals surface area contributed by atoms with Crippen LogP contribution >= 0.6 is 11.3 Å². The Bertz CT molecular complexity index is 597. The van der Waals surface area contributed by atoms with Crippen molar-refractivity contribution in [3.8, 4) is 0 Å². The molecule has 3 rings (SSSR count). The zero-order valence-electron chi connectivity index (χ0n) is 11.9. The first kappa shape index (κ1) is 14.1. The number of ketones is 1. The molecular weight excluding hydrogens is 278 g/mol. The summed E-state index contributed by atoms with van der Waals surface area (Å²) in [6.45, 7) is 2.14. The van der Waals surface area contributed by atoms with Crippen LogP contribution in [0.3, 0.4) is 0 Å². The van der Waals surface area contributed by atoms with Crippen molar-refractivity contribution in [1.29, 1.82) is 0 Å². The molecule has 0 aliphatic carbocycles. The van der Waals surface area contributed by atoms with Gasteiger partial charge in [0.15, 0.2) is 5.78 Å². The lowest BCUT2D eigenvalue weighted by atomic mass is 9.93. The molecule has 2 heterocycles. The van der Waals surface area contributed by atoms with Crippen LogP contribution in [0.25, 0.3) is 0 Å². The van der Waals surface area contributed by atoms with Crippen LogP contribution in [-0.4, -0.2) is 23.8 Å². The van der Waals surface area contributed by atoms with E-state index >= 15 is 0 Å². The summed E-state index contributed by atoms with van der Waals surface area (Å²) in [6, 6.07) is 14.1. The van der Waals surface area contributed by atoms with Gasteiger partial charge in [-0.15, -0.1) is 11.3 Å². The summed E-state index contributed by atoms with van der Waals surface area (Å²) in [7, 11) is 0. The second-order valence-electron chi connectivity index (χ2n) is 5.32. The standard InChI is InChI=1S/C18H19NOS/c20-16(10-13-19-11-4-5-12-19)18(17-9-6-14-21-17)15-7-2-1-3-8-15/h1-3,6-10,13-14,18H,4-5,11-12H2/b13-10+. The fraction of sp³-hybridized carbons (Fsp3) is 0.278. The predicted octanol–water partition coefficient (Wildman–Crippen LogP) is 4.06. The maximum Gasteiger partial charge on any atom is 0.169 e. The highest BCUT2D eigenvalue weighted by Gasteiger charge is 2.21. The van der Waals surface area contributed by atoms with Gasteiger partial charge in [-0.05, 0) is 35.9 Å². The molecule has 1 aliphatic rings. The lowest BCUT2D eigenvalue weighted by molar-refractivity contribution is -0.115. The minimum Gasteiger partial charge on any atom is -0.377 e. The van der Waals surface area contributed by atoms with E-state index in [1.165, 1.54) is 12.8 Å². The third-order valence-corrected chi connectivity index (χ3v) is 4.77. The van der Waals surface area contributed by atoms with E-state index < -0.39 is 0 Å². The summed E-state index contributed by atoms with van der Waals surface area (Å²) < 4.78 is 0. The molecule has 0 amide bonds. The zero-order chi connectivity index (χ0) is 14.5. The third kappa shape index (κ3) is 3.42. The Morgan fingerprint density at radius 3 is 2.52 bits per heavy atom. The van der Waals surface area contributed by atoms with Gasteiger partial charge in [0.05, 0.1) is 5.92 Å². The topological polar surface area (TPSA) is 20.3 Å². The number of thiophene rings is 1. The van der Waals surface area contributed by atoms with Crippen molar-refractivity contribution in [3.63, 3.8) is 0 Å². The normalized spacial score (nSPS) is 16.5. The minimum atomic E-state index is -0.176. The van der Waals surface area contributed by atoms with Gasteiger partial charge in [-0.2, -0.15) is 0 Å². The van der Waals surface area contributed by atoms with E-state index in [-0.39, 0.29) is 11.7 Å². The van der Waals surface area contributed by atoms with Crippen LogP contribution in [0.15, 0.2) is 60.1 Å². The summed E-state index contributed by atoms with van der Waals surface area (Å²) >= 11 is 1.64. The van der Waals surface area contributed by atoms with Crippen LogP contribution in [0.5, 0.6) is 0 Å². The van der Waals surface area contributed by atoms with Gasteiger partial charge in [0.2, 0.25) is 0 Å². The zero-order valence-corrected chi connectivity index (χ0v) is 12.8. The number of allylic oxidation sites excluding steroid dienone is 1. The van der Waals surface area contributed by atoms with E-state index in [0.29, 0.717) is 0 Å². The molecule has 1 aromatic heterocycles. The molecule has 1 saturated heterocycles. The molecule has 0 radical (unpaired) electrons. The lowest BCUT2D eigenvalue weighted by Gasteiger charge is -2.14. The van der Waals surface area contributed by atoms with Crippen molar-refractivity contribution in [2.45, 2.75) is 18.8 Å². The first-order chi connectivity index (χ1) is 10.3. The Labute approximate surface area is 129 Å². The molecule has 3 heteroatoms. The number of carbonyl (C=O) groups excluding carboxylic acids is 1. The van der Waals surface area contributed by atoms with Gasteiger partial charge in [0.25, 0.3) is 0 Å². The summed E-state index contributed by atoms with van der Waals surface area (Å²) in [5.41, 5.74) is 1.07. The average Bonchev–Trinajstić information content (AvgIpc) is 3.20. The lowest BCUT2D eigenvalue weighted by Crippen LogP contribution is -2.14. The van der Waals surface area contributed by atoms with E-state index in [1.54, 1.807) is 17.4 Å². The molecule has 0 N–H and O–H groups in total.